The Balaban J connectivity index is 1.56. The van der Waals surface area contributed by atoms with E-state index in [2.05, 4.69) is 25.6 Å². The summed E-state index contributed by atoms with van der Waals surface area (Å²) in [5.41, 5.74) is 3.03. The molecule has 4 aromatic rings. The van der Waals surface area contributed by atoms with Crippen LogP contribution in [-0.2, 0) is 13.5 Å². The lowest BCUT2D eigenvalue weighted by atomic mass is 10.1. The van der Waals surface area contributed by atoms with Crippen molar-refractivity contribution in [2.45, 2.75) is 32.7 Å². The lowest BCUT2D eigenvalue weighted by Crippen LogP contribution is -2.40. The van der Waals surface area contributed by atoms with Gasteiger partial charge in [-0.25, -0.2) is 4.98 Å². The van der Waals surface area contributed by atoms with Crippen molar-refractivity contribution in [1.82, 2.24) is 30.3 Å². The first kappa shape index (κ1) is 20.1. The fourth-order valence-electron chi connectivity index (χ4n) is 3.21. The number of amides is 1. The molecule has 1 amide bonds. The first-order valence-corrected chi connectivity index (χ1v) is 10.0. The van der Waals surface area contributed by atoms with E-state index in [1.54, 1.807) is 23.0 Å². The second-order valence-corrected chi connectivity index (χ2v) is 8.68. The Kier molecular flexibility index (Phi) is 5.07. The Morgan fingerprint density at radius 2 is 1.90 bits per heavy atom. The fourth-order valence-corrected chi connectivity index (χ4v) is 3.49. The normalized spacial score (nSPS) is 11.8. The summed E-state index contributed by atoms with van der Waals surface area (Å²) in [6.45, 7) is 5.86. The zero-order chi connectivity index (χ0) is 21.5. The van der Waals surface area contributed by atoms with Crippen LogP contribution in [-0.4, -0.2) is 36.4 Å². The van der Waals surface area contributed by atoms with Crippen molar-refractivity contribution < 1.29 is 4.79 Å². The average Bonchev–Trinajstić information content (AvgIpc) is 3.30. The number of benzene rings is 2. The quantitative estimate of drug-likeness (QED) is 0.517. The van der Waals surface area contributed by atoms with E-state index in [4.69, 9.17) is 11.6 Å². The molecule has 2 heterocycles. The molecule has 0 aliphatic heterocycles. The SMILES string of the molecule is Cn1nc(-c2ccc(C(=O)NC(C)(C)C)cc2)nc1Cc1ccc2[nH]ncc2c1Cl. The van der Waals surface area contributed by atoms with Gasteiger partial charge in [-0.05, 0) is 44.5 Å². The van der Waals surface area contributed by atoms with Crippen LogP contribution in [0.5, 0.6) is 0 Å². The van der Waals surface area contributed by atoms with Crippen molar-refractivity contribution >= 4 is 28.4 Å². The number of fused-ring (bicyclic) bond motifs is 1. The Morgan fingerprint density at radius 3 is 2.60 bits per heavy atom. The molecule has 2 aromatic carbocycles. The molecule has 8 heteroatoms. The van der Waals surface area contributed by atoms with E-state index < -0.39 is 0 Å². The molecule has 0 bridgehead atoms. The summed E-state index contributed by atoms with van der Waals surface area (Å²) in [4.78, 5) is 17.0. The van der Waals surface area contributed by atoms with Crippen LogP contribution in [0.1, 0.15) is 42.5 Å². The number of carbonyl (C=O) groups is 1. The summed E-state index contributed by atoms with van der Waals surface area (Å²) in [6.07, 6.45) is 2.27. The maximum absolute atomic E-state index is 12.3. The second-order valence-electron chi connectivity index (χ2n) is 8.30. The minimum absolute atomic E-state index is 0.104. The molecule has 0 fully saturated rings. The van der Waals surface area contributed by atoms with Gasteiger partial charge in [-0.1, -0.05) is 29.8 Å². The van der Waals surface area contributed by atoms with Crippen LogP contribution in [0.3, 0.4) is 0 Å². The molecule has 0 spiro atoms. The number of hydrogen-bond donors (Lipinski definition) is 2. The van der Waals surface area contributed by atoms with Gasteiger partial charge in [0, 0.05) is 35.5 Å². The number of aromatic amines is 1. The van der Waals surface area contributed by atoms with E-state index in [-0.39, 0.29) is 11.4 Å². The summed E-state index contributed by atoms with van der Waals surface area (Å²) in [5, 5.41) is 16.0. The monoisotopic (exact) mass is 422 g/mol. The molecule has 7 nitrogen and oxygen atoms in total. The van der Waals surface area contributed by atoms with Crippen molar-refractivity contribution in [1.29, 1.82) is 0 Å². The van der Waals surface area contributed by atoms with Crippen molar-refractivity contribution in [3.63, 3.8) is 0 Å². The number of aromatic nitrogens is 5. The summed E-state index contributed by atoms with van der Waals surface area (Å²) < 4.78 is 1.76. The van der Waals surface area contributed by atoms with Gasteiger partial charge in [0.1, 0.15) is 5.82 Å². The molecule has 2 aromatic heterocycles. The minimum Gasteiger partial charge on any atom is -0.347 e. The lowest BCUT2D eigenvalue weighted by Gasteiger charge is -2.20. The summed E-state index contributed by atoms with van der Waals surface area (Å²) >= 11 is 6.55. The predicted molar refractivity (Wildman–Crippen MR) is 118 cm³/mol. The number of H-pyrrole nitrogens is 1. The van der Waals surface area contributed by atoms with Crippen LogP contribution >= 0.6 is 11.6 Å². The molecule has 154 valence electrons. The molecular formula is C22H23ClN6O. The van der Waals surface area contributed by atoms with Crippen LogP contribution in [0.15, 0.2) is 42.6 Å². The molecule has 0 radical (unpaired) electrons. The van der Waals surface area contributed by atoms with E-state index >= 15 is 0 Å². The van der Waals surface area contributed by atoms with E-state index in [1.165, 1.54) is 0 Å². The van der Waals surface area contributed by atoms with Gasteiger partial charge in [-0.2, -0.15) is 10.2 Å². The average molecular weight is 423 g/mol. The van der Waals surface area contributed by atoms with Crippen LogP contribution in [0.25, 0.3) is 22.3 Å². The van der Waals surface area contributed by atoms with Gasteiger partial charge < -0.3 is 5.32 Å². The first-order valence-electron chi connectivity index (χ1n) is 9.64. The third-order valence-corrected chi connectivity index (χ3v) is 5.18. The molecule has 0 saturated heterocycles. The number of nitrogens with zero attached hydrogens (tertiary/aromatic N) is 4. The highest BCUT2D eigenvalue weighted by Crippen LogP contribution is 2.28. The Labute approximate surface area is 179 Å². The van der Waals surface area contributed by atoms with Crippen LogP contribution in [0.4, 0.5) is 0 Å². The number of rotatable bonds is 4. The standard InChI is InChI=1S/C22H23ClN6O/c1-22(2,3)26-21(30)14-7-5-13(6-8-14)20-25-18(29(4)28-20)11-15-9-10-17-16(19(15)23)12-24-27-17/h5-10,12H,11H2,1-4H3,(H,24,27)(H,26,30). The zero-order valence-corrected chi connectivity index (χ0v) is 18.1. The second kappa shape index (κ2) is 7.57. The Bertz CT molecular complexity index is 1220. The molecule has 0 aliphatic carbocycles. The molecular weight excluding hydrogens is 400 g/mol. The minimum atomic E-state index is -0.284. The van der Waals surface area contributed by atoms with Gasteiger partial charge in [0.2, 0.25) is 0 Å². The summed E-state index contributed by atoms with van der Waals surface area (Å²) in [7, 11) is 1.86. The van der Waals surface area contributed by atoms with E-state index in [0.29, 0.717) is 22.8 Å². The molecule has 0 unspecified atom stereocenters. The summed E-state index contributed by atoms with van der Waals surface area (Å²) in [5.74, 6) is 1.30. The van der Waals surface area contributed by atoms with Gasteiger partial charge in [0.05, 0.1) is 16.7 Å². The number of carbonyl (C=O) groups excluding carboxylic acids is 1. The molecule has 0 aliphatic rings. The third-order valence-electron chi connectivity index (χ3n) is 4.73. The zero-order valence-electron chi connectivity index (χ0n) is 17.3. The predicted octanol–water partition coefficient (Wildman–Crippen LogP) is 4.13. The summed E-state index contributed by atoms with van der Waals surface area (Å²) in [6, 6.07) is 11.2. The van der Waals surface area contributed by atoms with E-state index in [9.17, 15) is 4.79 Å². The molecule has 4 rings (SSSR count). The van der Waals surface area contributed by atoms with E-state index in [1.807, 2.05) is 52.1 Å². The molecule has 30 heavy (non-hydrogen) atoms. The highest BCUT2D eigenvalue weighted by atomic mass is 35.5. The number of nitrogens with one attached hydrogen (secondary N) is 2. The number of hydrogen-bond acceptors (Lipinski definition) is 4. The van der Waals surface area contributed by atoms with Gasteiger partial charge in [0.15, 0.2) is 5.82 Å². The van der Waals surface area contributed by atoms with Gasteiger partial charge in [-0.15, -0.1) is 0 Å². The maximum atomic E-state index is 12.3. The highest BCUT2D eigenvalue weighted by Gasteiger charge is 2.17. The Hall–Kier alpha value is -3.19. The van der Waals surface area contributed by atoms with Crippen LogP contribution < -0.4 is 5.32 Å². The van der Waals surface area contributed by atoms with Crippen molar-refractivity contribution in [2.75, 3.05) is 0 Å². The Morgan fingerprint density at radius 1 is 1.17 bits per heavy atom. The fraction of sp³-hybridized carbons (Fsp3) is 0.273. The number of halogens is 1. The van der Waals surface area contributed by atoms with E-state index in [0.717, 1.165) is 27.9 Å². The largest absolute Gasteiger partial charge is 0.347 e. The van der Waals surface area contributed by atoms with Gasteiger partial charge >= 0.3 is 0 Å². The van der Waals surface area contributed by atoms with Crippen molar-refractivity contribution in [3.8, 4) is 11.4 Å². The highest BCUT2D eigenvalue weighted by molar-refractivity contribution is 6.36. The lowest BCUT2D eigenvalue weighted by molar-refractivity contribution is 0.0919. The third kappa shape index (κ3) is 4.07. The molecule has 0 saturated carbocycles. The molecule has 2 N–H and O–H groups in total. The molecule has 0 atom stereocenters. The topological polar surface area (TPSA) is 88.5 Å². The van der Waals surface area contributed by atoms with Crippen LogP contribution in [0.2, 0.25) is 5.02 Å². The smallest absolute Gasteiger partial charge is 0.251 e. The van der Waals surface area contributed by atoms with Crippen molar-refractivity contribution in [3.05, 3.63) is 64.6 Å². The maximum Gasteiger partial charge on any atom is 0.251 e. The number of aryl methyl sites for hydroxylation is 1. The van der Waals surface area contributed by atoms with Crippen LogP contribution in [0, 0.1) is 0 Å². The van der Waals surface area contributed by atoms with Crippen molar-refractivity contribution in [2.24, 2.45) is 7.05 Å². The first-order chi connectivity index (χ1) is 14.2. The van der Waals surface area contributed by atoms with Gasteiger partial charge in [0.25, 0.3) is 5.91 Å². The van der Waals surface area contributed by atoms with Gasteiger partial charge in [-0.3, -0.25) is 14.6 Å².